The molecule has 1 heterocycles. The molecule has 74 valence electrons. The average molecular weight is 182 g/mol. The van der Waals surface area contributed by atoms with Crippen molar-refractivity contribution < 1.29 is 5.11 Å². The summed E-state index contributed by atoms with van der Waals surface area (Å²) in [7, 11) is 1.95. The maximum atomic E-state index is 9.96. The molecule has 0 fully saturated rings. The molecule has 3 nitrogen and oxygen atoms in total. The topological polar surface area (TPSA) is 38.1 Å². The van der Waals surface area contributed by atoms with Crippen LogP contribution in [-0.4, -0.2) is 20.3 Å². The van der Waals surface area contributed by atoms with E-state index in [1.54, 1.807) is 6.20 Å². The zero-order chi connectivity index (χ0) is 9.90. The van der Waals surface area contributed by atoms with Crippen LogP contribution in [-0.2, 0) is 13.5 Å². The molecule has 0 aliphatic heterocycles. The summed E-state index contributed by atoms with van der Waals surface area (Å²) in [5.74, 6) is 0.943. The first-order chi connectivity index (χ1) is 6.05. The van der Waals surface area contributed by atoms with Crippen molar-refractivity contribution in [2.24, 2.45) is 7.05 Å². The predicted molar refractivity (Wildman–Crippen MR) is 52.4 cm³/mol. The fraction of sp³-hybridized carbons (Fsp3) is 0.700. The zero-order valence-electron chi connectivity index (χ0n) is 8.62. The quantitative estimate of drug-likeness (QED) is 0.766. The highest BCUT2D eigenvalue weighted by Crippen LogP contribution is 2.16. The van der Waals surface area contributed by atoms with Gasteiger partial charge >= 0.3 is 0 Å². The van der Waals surface area contributed by atoms with E-state index in [1.807, 2.05) is 24.7 Å². The summed E-state index contributed by atoms with van der Waals surface area (Å²) in [5.41, 5.74) is -0.617. The van der Waals surface area contributed by atoms with Gasteiger partial charge in [0.05, 0.1) is 5.60 Å². The maximum Gasteiger partial charge on any atom is 0.111 e. The van der Waals surface area contributed by atoms with Gasteiger partial charge in [-0.05, 0) is 13.3 Å². The van der Waals surface area contributed by atoms with Crippen molar-refractivity contribution in [2.75, 3.05) is 0 Å². The van der Waals surface area contributed by atoms with Crippen LogP contribution < -0.4 is 0 Å². The molecule has 0 amide bonds. The molecule has 0 bridgehead atoms. The summed E-state index contributed by atoms with van der Waals surface area (Å²) >= 11 is 0. The summed E-state index contributed by atoms with van der Waals surface area (Å²) in [5, 5.41) is 9.96. The lowest BCUT2D eigenvalue weighted by Gasteiger charge is -2.21. The maximum absolute atomic E-state index is 9.96. The largest absolute Gasteiger partial charge is 0.390 e. The molecule has 1 N–H and O–H groups in total. The van der Waals surface area contributed by atoms with E-state index in [9.17, 15) is 5.11 Å². The minimum absolute atomic E-state index is 0.617. The van der Waals surface area contributed by atoms with Gasteiger partial charge < -0.3 is 9.67 Å². The Morgan fingerprint density at radius 1 is 1.62 bits per heavy atom. The molecule has 0 radical (unpaired) electrons. The van der Waals surface area contributed by atoms with E-state index in [4.69, 9.17) is 0 Å². The Balaban J connectivity index is 2.63. The second-order valence-corrected chi connectivity index (χ2v) is 3.88. The molecule has 0 saturated heterocycles. The molecule has 0 saturated carbocycles. The Labute approximate surface area is 79.4 Å². The highest BCUT2D eigenvalue weighted by atomic mass is 16.3. The van der Waals surface area contributed by atoms with E-state index in [0.29, 0.717) is 6.42 Å². The number of imidazole rings is 1. The lowest BCUT2D eigenvalue weighted by Crippen LogP contribution is -2.28. The Kier molecular flexibility index (Phi) is 3.09. The number of aryl methyl sites for hydroxylation is 1. The summed E-state index contributed by atoms with van der Waals surface area (Å²) in [4.78, 5) is 4.19. The fourth-order valence-electron chi connectivity index (χ4n) is 1.53. The van der Waals surface area contributed by atoms with E-state index >= 15 is 0 Å². The van der Waals surface area contributed by atoms with Crippen LogP contribution in [0.5, 0.6) is 0 Å². The second kappa shape index (κ2) is 3.92. The van der Waals surface area contributed by atoms with Crippen molar-refractivity contribution in [3.63, 3.8) is 0 Å². The Morgan fingerprint density at radius 2 is 2.31 bits per heavy atom. The first kappa shape index (κ1) is 10.3. The number of hydrogen-bond acceptors (Lipinski definition) is 2. The number of hydrogen-bond donors (Lipinski definition) is 1. The predicted octanol–water partition coefficient (Wildman–Crippen LogP) is 1.51. The number of aliphatic hydroxyl groups is 1. The first-order valence-electron chi connectivity index (χ1n) is 4.74. The zero-order valence-corrected chi connectivity index (χ0v) is 8.62. The Morgan fingerprint density at radius 3 is 2.77 bits per heavy atom. The van der Waals surface area contributed by atoms with Crippen LogP contribution >= 0.6 is 0 Å². The van der Waals surface area contributed by atoms with Crippen LogP contribution in [0.25, 0.3) is 0 Å². The van der Waals surface area contributed by atoms with Crippen molar-refractivity contribution >= 4 is 0 Å². The van der Waals surface area contributed by atoms with Gasteiger partial charge in [-0.2, -0.15) is 0 Å². The first-order valence-corrected chi connectivity index (χ1v) is 4.74. The third kappa shape index (κ3) is 2.84. The Hall–Kier alpha value is -0.830. The van der Waals surface area contributed by atoms with Gasteiger partial charge in [-0.1, -0.05) is 13.3 Å². The molecular weight excluding hydrogens is 164 g/mol. The fourth-order valence-corrected chi connectivity index (χ4v) is 1.53. The third-order valence-corrected chi connectivity index (χ3v) is 2.25. The van der Waals surface area contributed by atoms with E-state index in [-0.39, 0.29) is 0 Å². The van der Waals surface area contributed by atoms with Crippen LogP contribution in [0.2, 0.25) is 0 Å². The third-order valence-electron chi connectivity index (χ3n) is 2.25. The molecule has 0 aliphatic rings. The summed E-state index contributed by atoms with van der Waals surface area (Å²) in [6.45, 7) is 3.94. The molecule has 1 atom stereocenters. The molecule has 1 aromatic heterocycles. The van der Waals surface area contributed by atoms with Gasteiger partial charge in [-0.15, -0.1) is 0 Å². The summed E-state index contributed by atoms with van der Waals surface area (Å²) in [6.07, 6.45) is 6.11. The molecule has 1 unspecified atom stereocenters. The SMILES string of the molecule is CCCC(C)(O)Cc1nccn1C. The Bertz CT molecular complexity index is 266. The molecule has 1 rings (SSSR count). The number of rotatable bonds is 4. The normalized spacial score (nSPS) is 15.7. The minimum Gasteiger partial charge on any atom is -0.390 e. The van der Waals surface area contributed by atoms with Gasteiger partial charge in [0, 0.05) is 25.9 Å². The number of aromatic nitrogens is 2. The lowest BCUT2D eigenvalue weighted by atomic mass is 9.96. The molecule has 0 aromatic carbocycles. The van der Waals surface area contributed by atoms with Gasteiger partial charge in [0.1, 0.15) is 5.82 Å². The molecule has 13 heavy (non-hydrogen) atoms. The van der Waals surface area contributed by atoms with E-state index in [0.717, 1.165) is 18.7 Å². The molecular formula is C10H18N2O. The van der Waals surface area contributed by atoms with Crippen molar-refractivity contribution in [2.45, 2.75) is 38.7 Å². The van der Waals surface area contributed by atoms with Gasteiger partial charge in [-0.25, -0.2) is 4.98 Å². The smallest absolute Gasteiger partial charge is 0.111 e. The highest BCUT2D eigenvalue weighted by Gasteiger charge is 2.21. The van der Waals surface area contributed by atoms with Crippen molar-refractivity contribution in [1.29, 1.82) is 0 Å². The molecule has 0 spiro atoms. The highest BCUT2D eigenvalue weighted by molar-refractivity contribution is 4.96. The van der Waals surface area contributed by atoms with Gasteiger partial charge in [0.25, 0.3) is 0 Å². The van der Waals surface area contributed by atoms with Gasteiger partial charge in [0.2, 0.25) is 0 Å². The van der Waals surface area contributed by atoms with E-state index in [2.05, 4.69) is 11.9 Å². The number of nitrogens with zero attached hydrogens (tertiary/aromatic N) is 2. The van der Waals surface area contributed by atoms with Crippen molar-refractivity contribution in [3.8, 4) is 0 Å². The van der Waals surface area contributed by atoms with Gasteiger partial charge in [0.15, 0.2) is 0 Å². The average Bonchev–Trinajstić information content (AvgIpc) is 2.35. The van der Waals surface area contributed by atoms with Crippen LogP contribution in [0, 0.1) is 0 Å². The van der Waals surface area contributed by atoms with E-state index in [1.165, 1.54) is 0 Å². The van der Waals surface area contributed by atoms with E-state index < -0.39 is 5.60 Å². The standard InChI is InChI=1S/C10H18N2O/c1-4-5-10(2,13)8-9-11-6-7-12(9)3/h6-7,13H,4-5,8H2,1-3H3. The molecule has 1 aromatic rings. The van der Waals surface area contributed by atoms with Gasteiger partial charge in [-0.3, -0.25) is 0 Å². The van der Waals surface area contributed by atoms with Crippen LogP contribution in [0.1, 0.15) is 32.5 Å². The van der Waals surface area contributed by atoms with Crippen molar-refractivity contribution in [3.05, 3.63) is 18.2 Å². The minimum atomic E-state index is -0.617. The van der Waals surface area contributed by atoms with Crippen LogP contribution in [0.15, 0.2) is 12.4 Å². The van der Waals surface area contributed by atoms with Crippen LogP contribution in [0.3, 0.4) is 0 Å². The lowest BCUT2D eigenvalue weighted by molar-refractivity contribution is 0.0479. The summed E-state index contributed by atoms with van der Waals surface area (Å²) in [6, 6.07) is 0. The van der Waals surface area contributed by atoms with Crippen LogP contribution in [0.4, 0.5) is 0 Å². The summed E-state index contributed by atoms with van der Waals surface area (Å²) < 4.78 is 1.95. The monoisotopic (exact) mass is 182 g/mol. The molecule has 3 heteroatoms. The second-order valence-electron chi connectivity index (χ2n) is 3.88. The van der Waals surface area contributed by atoms with Crippen molar-refractivity contribution in [1.82, 2.24) is 9.55 Å². The molecule has 0 aliphatic carbocycles.